The summed E-state index contributed by atoms with van der Waals surface area (Å²) in [6, 6.07) is 4.74. The normalized spacial score (nSPS) is 19.0. The second kappa shape index (κ2) is 7.66. The predicted octanol–water partition coefficient (Wildman–Crippen LogP) is 2.75. The SMILES string of the molecule is COc1cc(C)c(CN2CCCC2CCCO)cc1OC. The number of likely N-dealkylation sites (tertiary alicyclic amines) is 1. The third kappa shape index (κ3) is 3.89. The number of nitrogens with zero attached hydrogens (tertiary/aromatic N) is 1. The van der Waals surface area contributed by atoms with Crippen LogP contribution in [0.15, 0.2) is 12.1 Å². The largest absolute Gasteiger partial charge is 0.493 e. The van der Waals surface area contributed by atoms with Gasteiger partial charge in [0.2, 0.25) is 0 Å². The number of rotatable bonds is 7. The molecule has 21 heavy (non-hydrogen) atoms. The van der Waals surface area contributed by atoms with Gasteiger partial charge in [0.25, 0.3) is 0 Å². The zero-order chi connectivity index (χ0) is 15.2. The zero-order valence-corrected chi connectivity index (χ0v) is 13.4. The van der Waals surface area contributed by atoms with Gasteiger partial charge in [-0.2, -0.15) is 0 Å². The number of ether oxygens (including phenoxy) is 2. The van der Waals surface area contributed by atoms with E-state index in [0.717, 1.165) is 37.4 Å². The fraction of sp³-hybridized carbons (Fsp3) is 0.647. The molecule has 1 aliphatic rings. The Morgan fingerprint density at radius 1 is 1.24 bits per heavy atom. The maximum atomic E-state index is 9.02. The van der Waals surface area contributed by atoms with Crippen molar-refractivity contribution in [3.05, 3.63) is 23.3 Å². The minimum atomic E-state index is 0.291. The van der Waals surface area contributed by atoms with E-state index in [-0.39, 0.29) is 0 Å². The van der Waals surface area contributed by atoms with Gasteiger partial charge in [-0.3, -0.25) is 4.90 Å². The van der Waals surface area contributed by atoms with E-state index in [1.807, 2.05) is 6.07 Å². The smallest absolute Gasteiger partial charge is 0.161 e. The molecule has 1 unspecified atom stereocenters. The fourth-order valence-electron chi connectivity index (χ4n) is 3.17. The summed E-state index contributed by atoms with van der Waals surface area (Å²) in [4.78, 5) is 2.53. The molecular weight excluding hydrogens is 266 g/mol. The first kappa shape index (κ1) is 16.1. The van der Waals surface area contributed by atoms with Crippen LogP contribution in [-0.2, 0) is 6.54 Å². The molecule has 1 atom stereocenters. The number of aliphatic hydroxyl groups is 1. The zero-order valence-electron chi connectivity index (χ0n) is 13.4. The average molecular weight is 293 g/mol. The van der Waals surface area contributed by atoms with Crippen molar-refractivity contribution in [2.75, 3.05) is 27.4 Å². The van der Waals surface area contributed by atoms with Crippen molar-refractivity contribution in [2.24, 2.45) is 0 Å². The lowest BCUT2D eigenvalue weighted by Crippen LogP contribution is -2.29. The first-order valence-corrected chi connectivity index (χ1v) is 7.76. The molecule has 0 aromatic heterocycles. The standard InChI is InChI=1S/C17H27NO3/c1-13-10-16(20-2)17(21-3)11-14(13)12-18-8-4-6-15(18)7-5-9-19/h10-11,15,19H,4-9,12H2,1-3H3. The number of hydrogen-bond acceptors (Lipinski definition) is 4. The molecule has 0 radical (unpaired) electrons. The Morgan fingerprint density at radius 3 is 2.62 bits per heavy atom. The molecule has 0 saturated carbocycles. The Bertz CT molecular complexity index is 462. The van der Waals surface area contributed by atoms with Crippen LogP contribution in [0, 0.1) is 6.92 Å². The van der Waals surface area contributed by atoms with Crippen molar-refractivity contribution < 1.29 is 14.6 Å². The quantitative estimate of drug-likeness (QED) is 0.839. The molecule has 0 amide bonds. The summed E-state index contributed by atoms with van der Waals surface area (Å²) in [5.41, 5.74) is 2.53. The third-order valence-corrected chi connectivity index (χ3v) is 4.41. The van der Waals surface area contributed by atoms with E-state index in [1.165, 1.54) is 24.0 Å². The van der Waals surface area contributed by atoms with Crippen LogP contribution < -0.4 is 9.47 Å². The van der Waals surface area contributed by atoms with E-state index in [4.69, 9.17) is 14.6 Å². The van der Waals surface area contributed by atoms with Gasteiger partial charge >= 0.3 is 0 Å². The fourth-order valence-corrected chi connectivity index (χ4v) is 3.17. The highest BCUT2D eigenvalue weighted by Crippen LogP contribution is 2.32. The first-order chi connectivity index (χ1) is 10.2. The molecule has 1 aromatic carbocycles. The van der Waals surface area contributed by atoms with Gasteiger partial charge < -0.3 is 14.6 Å². The van der Waals surface area contributed by atoms with Crippen molar-refractivity contribution >= 4 is 0 Å². The first-order valence-electron chi connectivity index (χ1n) is 7.76. The topological polar surface area (TPSA) is 41.9 Å². The number of hydrogen-bond donors (Lipinski definition) is 1. The van der Waals surface area contributed by atoms with E-state index in [1.54, 1.807) is 14.2 Å². The maximum Gasteiger partial charge on any atom is 0.161 e. The summed E-state index contributed by atoms with van der Waals surface area (Å²) in [5.74, 6) is 1.58. The minimum absolute atomic E-state index is 0.291. The molecule has 0 spiro atoms. The summed E-state index contributed by atoms with van der Waals surface area (Å²) in [7, 11) is 3.35. The number of methoxy groups -OCH3 is 2. The second-order valence-corrected chi connectivity index (χ2v) is 5.77. The van der Waals surface area contributed by atoms with Gasteiger partial charge in [0.1, 0.15) is 0 Å². The number of benzene rings is 1. The average Bonchev–Trinajstić information content (AvgIpc) is 2.93. The molecule has 1 saturated heterocycles. The maximum absolute atomic E-state index is 9.02. The predicted molar refractivity (Wildman–Crippen MR) is 84.0 cm³/mol. The van der Waals surface area contributed by atoms with Gasteiger partial charge in [-0.1, -0.05) is 0 Å². The lowest BCUT2D eigenvalue weighted by Gasteiger charge is -2.25. The van der Waals surface area contributed by atoms with Crippen molar-refractivity contribution in [3.8, 4) is 11.5 Å². The molecular formula is C17H27NO3. The molecule has 0 bridgehead atoms. The summed E-state index contributed by atoms with van der Waals surface area (Å²) in [6.45, 7) is 4.50. The van der Waals surface area contributed by atoms with Crippen molar-refractivity contribution in [1.82, 2.24) is 4.90 Å². The van der Waals surface area contributed by atoms with E-state index < -0.39 is 0 Å². The van der Waals surface area contributed by atoms with E-state index in [0.29, 0.717) is 12.6 Å². The summed E-state index contributed by atoms with van der Waals surface area (Å²) >= 11 is 0. The van der Waals surface area contributed by atoms with Crippen LogP contribution in [0.5, 0.6) is 11.5 Å². The summed E-state index contributed by atoms with van der Waals surface area (Å²) in [6.07, 6.45) is 4.48. The van der Waals surface area contributed by atoms with Crippen LogP contribution >= 0.6 is 0 Å². The highest BCUT2D eigenvalue weighted by Gasteiger charge is 2.24. The highest BCUT2D eigenvalue weighted by atomic mass is 16.5. The molecule has 1 aliphatic heterocycles. The van der Waals surface area contributed by atoms with Gasteiger partial charge in [0.15, 0.2) is 11.5 Å². The molecule has 4 nitrogen and oxygen atoms in total. The van der Waals surface area contributed by atoms with Crippen LogP contribution in [0.4, 0.5) is 0 Å². The molecule has 1 aromatic rings. The molecule has 0 aliphatic carbocycles. The summed E-state index contributed by atoms with van der Waals surface area (Å²) < 4.78 is 10.8. The van der Waals surface area contributed by atoms with Crippen molar-refractivity contribution in [2.45, 2.75) is 45.2 Å². The third-order valence-electron chi connectivity index (χ3n) is 4.41. The lowest BCUT2D eigenvalue weighted by molar-refractivity contribution is 0.209. The molecule has 2 rings (SSSR count). The van der Waals surface area contributed by atoms with Crippen LogP contribution in [0.1, 0.15) is 36.8 Å². The molecule has 118 valence electrons. The van der Waals surface area contributed by atoms with Crippen molar-refractivity contribution in [1.29, 1.82) is 0 Å². The van der Waals surface area contributed by atoms with Gasteiger partial charge in [0, 0.05) is 19.2 Å². The van der Waals surface area contributed by atoms with Gasteiger partial charge in [0.05, 0.1) is 14.2 Å². The Balaban J connectivity index is 2.11. The van der Waals surface area contributed by atoms with Crippen molar-refractivity contribution in [3.63, 3.8) is 0 Å². The van der Waals surface area contributed by atoms with Crippen LogP contribution in [0.2, 0.25) is 0 Å². The second-order valence-electron chi connectivity index (χ2n) is 5.77. The van der Waals surface area contributed by atoms with Crippen LogP contribution in [0.3, 0.4) is 0 Å². The van der Waals surface area contributed by atoms with E-state index in [2.05, 4.69) is 17.9 Å². The van der Waals surface area contributed by atoms with E-state index in [9.17, 15) is 0 Å². The van der Waals surface area contributed by atoms with Gasteiger partial charge in [-0.25, -0.2) is 0 Å². The molecule has 1 N–H and O–H groups in total. The Hall–Kier alpha value is -1.26. The molecule has 4 heteroatoms. The minimum Gasteiger partial charge on any atom is -0.493 e. The van der Waals surface area contributed by atoms with Gasteiger partial charge in [-0.15, -0.1) is 0 Å². The van der Waals surface area contributed by atoms with E-state index >= 15 is 0 Å². The van der Waals surface area contributed by atoms with Crippen LogP contribution in [0.25, 0.3) is 0 Å². The highest BCUT2D eigenvalue weighted by molar-refractivity contribution is 5.47. The molecule has 1 fully saturated rings. The molecule has 1 heterocycles. The Labute approximate surface area is 127 Å². The van der Waals surface area contributed by atoms with Gasteiger partial charge in [-0.05, 0) is 62.4 Å². The summed E-state index contributed by atoms with van der Waals surface area (Å²) in [5, 5.41) is 9.02. The van der Waals surface area contributed by atoms with Crippen LogP contribution in [-0.4, -0.2) is 43.4 Å². The number of aryl methyl sites for hydroxylation is 1. The number of aliphatic hydroxyl groups excluding tert-OH is 1. The Morgan fingerprint density at radius 2 is 1.95 bits per heavy atom. The Kier molecular flexibility index (Phi) is 5.88. The monoisotopic (exact) mass is 293 g/mol. The lowest BCUT2D eigenvalue weighted by atomic mass is 10.1.